The average molecular weight is 257 g/mol. The van der Waals surface area contributed by atoms with Gasteiger partial charge in [-0.05, 0) is 11.8 Å². The second kappa shape index (κ2) is 4.66. The molecule has 1 N–H and O–H groups in total. The third kappa shape index (κ3) is 2.36. The predicted octanol–water partition coefficient (Wildman–Crippen LogP) is 1.68. The lowest BCUT2D eigenvalue weighted by atomic mass is 10.4. The van der Waals surface area contributed by atoms with Gasteiger partial charge < -0.3 is 5.32 Å². The molecule has 0 aromatic carbocycles. The Morgan fingerprint density at radius 1 is 1.35 bits per heavy atom. The lowest BCUT2D eigenvalue weighted by Gasteiger charge is -2.05. The molecule has 0 aliphatic rings. The molecule has 0 atom stereocenters. The van der Waals surface area contributed by atoms with Crippen LogP contribution in [0.4, 0.5) is 14.6 Å². The molecular formula is C9H9F2N5S. The van der Waals surface area contributed by atoms with Gasteiger partial charge in [-0.3, -0.25) is 0 Å². The first-order valence-corrected chi connectivity index (χ1v) is 5.49. The van der Waals surface area contributed by atoms with Crippen LogP contribution in [-0.4, -0.2) is 26.8 Å². The lowest BCUT2D eigenvalue weighted by Crippen LogP contribution is -2.01. The van der Waals surface area contributed by atoms with Crippen molar-refractivity contribution >= 4 is 17.6 Å². The van der Waals surface area contributed by atoms with Gasteiger partial charge in [-0.2, -0.15) is 5.10 Å². The van der Waals surface area contributed by atoms with Gasteiger partial charge in [-0.15, -0.1) is 0 Å². The smallest absolute Gasteiger partial charge is 0.192 e. The number of halogens is 2. The van der Waals surface area contributed by atoms with E-state index in [9.17, 15) is 8.78 Å². The third-order valence-electron chi connectivity index (χ3n) is 1.99. The highest BCUT2D eigenvalue weighted by Gasteiger charge is 2.14. The van der Waals surface area contributed by atoms with Gasteiger partial charge in [0.05, 0.1) is 0 Å². The van der Waals surface area contributed by atoms with E-state index in [1.54, 1.807) is 7.05 Å². The van der Waals surface area contributed by atoms with E-state index in [1.165, 1.54) is 18.1 Å². The Balaban J connectivity index is 2.36. The van der Waals surface area contributed by atoms with Crippen LogP contribution in [0.5, 0.6) is 0 Å². The van der Waals surface area contributed by atoms with Crippen LogP contribution in [0.25, 0.3) is 0 Å². The highest BCUT2D eigenvalue weighted by molar-refractivity contribution is 7.99. The molecule has 8 heteroatoms. The summed E-state index contributed by atoms with van der Waals surface area (Å²) in [5.74, 6) is -1.46. The maximum atomic E-state index is 13.5. The van der Waals surface area contributed by atoms with Gasteiger partial charge in [-0.1, -0.05) is 0 Å². The fourth-order valence-electron chi connectivity index (χ4n) is 1.16. The molecule has 2 heterocycles. The number of hydrogen-bond acceptors (Lipinski definition) is 5. The Kier molecular flexibility index (Phi) is 3.23. The number of aromatic nitrogens is 4. The first kappa shape index (κ1) is 11.8. The van der Waals surface area contributed by atoms with Crippen molar-refractivity contribution in [2.75, 3.05) is 12.4 Å². The molecule has 0 unspecified atom stereocenters. The maximum absolute atomic E-state index is 13.5. The van der Waals surface area contributed by atoms with Crippen molar-refractivity contribution in [1.82, 2.24) is 19.7 Å². The van der Waals surface area contributed by atoms with Crippen molar-refractivity contribution in [2.45, 2.75) is 10.2 Å². The maximum Gasteiger partial charge on any atom is 0.192 e. The molecule has 0 saturated carbocycles. The van der Waals surface area contributed by atoms with Crippen LogP contribution in [0.1, 0.15) is 0 Å². The van der Waals surface area contributed by atoms with Crippen molar-refractivity contribution < 1.29 is 8.78 Å². The third-order valence-corrected chi connectivity index (χ3v) is 3.02. The Hall–Kier alpha value is -1.70. The first-order chi connectivity index (χ1) is 8.11. The summed E-state index contributed by atoms with van der Waals surface area (Å²) in [7, 11) is 3.19. The van der Waals surface area contributed by atoms with Crippen molar-refractivity contribution in [1.29, 1.82) is 0 Å². The average Bonchev–Trinajstić information content (AvgIpc) is 2.68. The SMILES string of the molecule is CNc1nc(Sc2ncnn2C)c(F)cc1F. The van der Waals surface area contributed by atoms with Crippen LogP contribution in [0.15, 0.2) is 22.6 Å². The minimum atomic E-state index is -0.729. The summed E-state index contributed by atoms with van der Waals surface area (Å²) >= 11 is 0.982. The van der Waals surface area contributed by atoms with Gasteiger partial charge in [0, 0.05) is 20.2 Å². The van der Waals surface area contributed by atoms with Crippen LogP contribution >= 0.6 is 11.8 Å². The second-order valence-electron chi connectivity index (χ2n) is 3.12. The molecule has 0 spiro atoms. The molecule has 0 aliphatic carbocycles. The molecule has 90 valence electrons. The highest BCUT2D eigenvalue weighted by atomic mass is 32.2. The summed E-state index contributed by atoms with van der Waals surface area (Å²) in [6.07, 6.45) is 1.35. The molecule has 0 fully saturated rings. The van der Waals surface area contributed by atoms with E-state index in [-0.39, 0.29) is 10.8 Å². The van der Waals surface area contributed by atoms with Gasteiger partial charge in [-0.25, -0.2) is 23.4 Å². The molecule has 0 saturated heterocycles. The standard InChI is InChI=1S/C9H9F2N5S/c1-12-7-5(10)3-6(11)8(15-7)17-9-13-4-14-16(9)2/h3-4H,1-2H3,(H,12,15). The van der Waals surface area contributed by atoms with E-state index in [1.807, 2.05) is 0 Å². The predicted molar refractivity (Wildman–Crippen MR) is 58.8 cm³/mol. The molecule has 2 aromatic heterocycles. The fourth-order valence-corrected chi connectivity index (χ4v) is 1.91. The largest absolute Gasteiger partial charge is 0.371 e. The molecule has 17 heavy (non-hydrogen) atoms. The number of nitrogens with zero attached hydrogens (tertiary/aromatic N) is 4. The van der Waals surface area contributed by atoms with Gasteiger partial charge in [0.1, 0.15) is 11.4 Å². The summed E-state index contributed by atoms with van der Waals surface area (Å²) < 4.78 is 28.1. The van der Waals surface area contributed by atoms with Crippen LogP contribution in [0, 0.1) is 11.6 Å². The normalized spacial score (nSPS) is 10.6. The van der Waals surface area contributed by atoms with E-state index in [0.29, 0.717) is 5.16 Å². The van der Waals surface area contributed by atoms with Crippen LogP contribution in [0.2, 0.25) is 0 Å². The number of aryl methyl sites for hydroxylation is 1. The molecule has 0 bridgehead atoms. The number of pyridine rings is 1. The van der Waals surface area contributed by atoms with E-state index in [2.05, 4.69) is 20.4 Å². The zero-order valence-corrected chi connectivity index (χ0v) is 9.92. The molecule has 2 rings (SSSR count). The Morgan fingerprint density at radius 3 is 2.71 bits per heavy atom. The second-order valence-corrected chi connectivity index (χ2v) is 4.08. The molecule has 0 aliphatic heterocycles. The summed E-state index contributed by atoms with van der Waals surface area (Å²) in [4.78, 5) is 7.75. The zero-order chi connectivity index (χ0) is 12.4. The summed E-state index contributed by atoms with van der Waals surface area (Å²) in [5.41, 5.74) is 0. The van der Waals surface area contributed by atoms with Crippen LogP contribution in [-0.2, 0) is 7.05 Å². The van der Waals surface area contributed by atoms with Gasteiger partial charge in [0.25, 0.3) is 0 Å². The van der Waals surface area contributed by atoms with Crippen LogP contribution < -0.4 is 5.32 Å². The number of hydrogen-bond donors (Lipinski definition) is 1. The number of nitrogens with one attached hydrogen (secondary N) is 1. The quantitative estimate of drug-likeness (QED) is 0.906. The van der Waals surface area contributed by atoms with Crippen molar-refractivity contribution in [3.05, 3.63) is 24.0 Å². The molecule has 0 amide bonds. The Labute approximate surface area is 100 Å². The first-order valence-electron chi connectivity index (χ1n) is 4.67. The van der Waals surface area contributed by atoms with E-state index in [4.69, 9.17) is 0 Å². The molecule has 5 nitrogen and oxygen atoms in total. The van der Waals surface area contributed by atoms with Crippen molar-refractivity contribution in [3.63, 3.8) is 0 Å². The van der Waals surface area contributed by atoms with E-state index in [0.717, 1.165) is 17.8 Å². The molecule has 2 aromatic rings. The zero-order valence-electron chi connectivity index (χ0n) is 9.11. The van der Waals surface area contributed by atoms with E-state index < -0.39 is 11.6 Å². The van der Waals surface area contributed by atoms with Gasteiger partial charge >= 0.3 is 0 Å². The monoisotopic (exact) mass is 257 g/mol. The topological polar surface area (TPSA) is 55.6 Å². The minimum Gasteiger partial charge on any atom is -0.371 e. The van der Waals surface area contributed by atoms with Gasteiger partial charge in [0.2, 0.25) is 0 Å². The summed E-state index contributed by atoms with van der Waals surface area (Å²) in [5, 5.41) is 6.92. The van der Waals surface area contributed by atoms with Gasteiger partial charge in [0.15, 0.2) is 22.6 Å². The minimum absolute atomic E-state index is 0.00364. The Bertz CT molecular complexity index is 542. The van der Waals surface area contributed by atoms with Crippen LogP contribution in [0.3, 0.4) is 0 Å². The van der Waals surface area contributed by atoms with Crippen molar-refractivity contribution in [2.24, 2.45) is 7.05 Å². The van der Waals surface area contributed by atoms with Crippen molar-refractivity contribution in [3.8, 4) is 0 Å². The molecular weight excluding hydrogens is 248 g/mol. The highest BCUT2D eigenvalue weighted by Crippen LogP contribution is 2.28. The number of anilines is 1. The summed E-state index contributed by atoms with van der Waals surface area (Å²) in [6.45, 7) is 0. The summed E-state index contributed by atoms with van der Waals surface area (Å²) in [6, 6.07) is 0.789. The number of rotatable bonds is 3. The Morgan fingerprint density at radius 2 is 2.12 bits per heavy atom. The molecule has 0 radical (unpaired) electrons. The lowest BCUT2D eigenvalue weighted by molar-refractivity contribution is 0.551. The fraction of sp³-hybridized carbons (Fsp3) is 0.222. The van der Waals surface area contributed by atoms with E-state index >= 15 is 0 Å².